The lowest BCUT2D eigenvalue weighted by atomic mass is 9.97. The molecule has 0 amide bonds. The van der Waals surface area contributed by atoms with Crippen molar-refractivity contribution >= 4 is 51.1 Å². The first-order valence-electron chi connectivity index (χ1n) is 19.8. The Hall–Kier alpha value is -5.51. The van der Waals surface area contributed by atoms with Crippen molar-refractivity contribution in [2.45, 2.75) is 70.7 Å². The molecule has 4 aromatic rings. The molecule has 15 heteroatoms. The van der Waals surface area contributed by atoms with Crippen LogP contribution in [0.4, 0.5) is 0 Å². The van der Waals surface area contributed by atoms with Crippen molar-refractivity contribution in [1.29, 1.82) is 0 Å². The van der Waals surface area contributed by atoms with Gasteiger partial charge in [-0.25, -0.2) is 4.79 Å². The number of likely N-dealkylation sites (tertiary alicyclic amines) is 1. The number of esters is 4. The van der Waals surface area contributed by atoms with Crippen LogP contribution < -0.4 is 9.47 Å². The van der Waals surface area contributed by atoms with Gasteiger partial charge in [0.15, 0.2) is 24.1 Å². The van der Waals surface area contributed by atoms with Gasteiger partial charge in [0.05, 0.1) is 9.85 Å². The van der Waals surface area contributed by atoms with E-state index in [-0.39, 0.29) is 22.8 Å². The minimum atomic E-state index is -2.70. The van der Waals surface area contributed by atoms with Gasteiger partial charge in [-0.3, -0.25) is 24.1 Å². The number of nitrogens with zero attached hydrogens (tertiary/aromatic N) is 1. The number of thiophene rings is 1. The second kappa shape index (κ2) is 18.0. The summed E-state index contributed by atoms with van der Waals surface area (Å²) in [5, 5.41) is 10.8. The van der Waals surface area contributed by atoms with Gasteiger partial charge in [-0.2, -0.15) is 0 Å². The van der Waals surface area contributed by atoms with Crippen LogP contribution in [0.25, 0.3) is 20.5 Å². The first-order chi connectivity index (χ1) is 28.4. The normalized spacial score (nSPS) is 22.7. The van der Waals surface area contributed by atoms with Crippen molar-refractivity contribution in [2.75, 3.05) is 33.3 Å². The minimum absolute atomic E-state index is 0.0127. The van der Waals surface area contributed by atoms with E-state index in [9.17, 15) is 29.1 Å². The van der Waals surface area contributed by atoms with Crippen molar-refractivity contribution in [3.63, 3.8) is 0 Å². The Morgan fingerprint density at radius 3 is 2.09 bits per heavy atom. The van der Waals surface area contributed by atoms with E-state index in [4.69, 9.17) is 38.6 Å². The van der Waals surface area contributed by atoms with Crippen molar-refractivity contribution in [1.82, 2.24) is 4.90 Å². The summed E-state index contributed by atoms with van der Waals surface area (Å²) in [5.74, 6) is -3.75. The summed E-state index contributed by atoms with van der Waals surface area (Å²) in [5.41, 5.74) is 1.10. The highest BCUT2D eigenvalue weighted by Crippen LogP contribution is 2.42. The van der Waals surface area contributed by atoms with E-state index < -0.39 is 73.4 Å². The molecule has 0 spiro atoms. The maximum absolute atomic E-state index is 14.3. The summed E-state index contributed by atoms with van der Waals surface area (Å²) < 4.78 is 73.1. The van der Waals surface area contributed by atoms with Crippen molar-refractivity contribution in [3.05, 3.63) is 77.9 Å². The van der Waals surface area contributed by atoms with Crippen molar-refractivity contribution < 1.29 is 67.7 Å². The van der Waals surface area contributed by atoms with E-state index in [2.05, 4.69) is 0 Å². The standard InChI is InChI=1S/C41H43NO13S/c1-23(43)51-35-36(52-24(2)44)38(53-25(3)45)41(55-37(35)40(48)49-4)54-30-15-10-27(11-16-30)39-33(31-17-12-28(46)22-32(31)56-39)34(47)26-8-13-29(14-9-26)50-21-20-42-18-6-5-7-19-42/h8-17,22,35-38,41,46H,5-7,18-21H2,1-4H3/i20D2,21D2. The Morgan fingerprint density at radius 2 is 1.45 bits per heavy atom. The number of piperidine rings is 1. The van der Waals surface area contributed by atoms with Crippen LogP contribution in [-0.4, -0.2) is 104 Å². The summed E-state index contributed by atoms with van der Waals surface area (Å²) >= 11 is 1.24. The highest BCUT2D eigenvalue weighted by molar-refractivity contribution is 7.22. The van der Waals surface area contributed by atoms with E-state index in [1.807, 2.05) is 0 Å². The molecule has 3 heterocycles. The summed E-state index contributed by atoms with van der Waals surface area (Å²) in [7, 11) is 1.07. The van der Waals surface area contributed by atoms with E-state index in [1.165, 1.54) is 64.8 Å². The zero-order valence-electron chi connectivity index (χ0n) is 35.0. The number of carbonyl (C=O) groups excluding carboxylic acids is 5. The lowest BCUT2D eigenvalue weighted by Crippen LogP contribution is -2.64. The summed E-state index contributed by atoms with van der Waals surface area (Å²) in [6.07, 6.45) is -5.43. The Balaban J connectivity index is 1.28. The van der Waals surface area contributed by atoms with E-state index in [0.29, 0.717) is 39.2 Å². The highest BCUT2D eigenvalue weighted by atomic mass is 32.1. The Bertz CT molecular complexity index is 2240. The van der Waals surface area contributed by atoms with Gasteiger partial charge in [-0.15, -0.1) is 11.3 Å². The molecule has 0 radical (unpaired) electrons. The molecule has 6 rings (SSSR count). The summed E-state index contributed by atoms with van der Waals surface area (Å²) in [6.45, 7) is -1.05. The smallest absolute Gasteiger partial charge is 0.339 e. The number of hydrogen-bond donors (Lipinski definition) is 1. The fourth-order valence-corrected chi connectivity index (χ4v) is 7.72. The average Bonchev–Trinajstić information content (AvgIpc) is 3.58. The maximum atomic E-state index is 14.3. The number of rotatable bonds is 13. The quantitative estimate of drug-likeness (QED) is 0.103. The number of methoxy groups -OCH3 is 1. The van der Waals surface area contributed by atoms with E-state index in [1.54, 1.807) is 18.2 Å². The van der Waals surface area contributed by atoms with Crippen LogP contribution in [0.1, 0.15) is 61.4 Å². The zero-order valence-corrected chi connectivity index (χ0v) is 31.8. The molecule has 0 saturated carbocycles. The topological polar surface area (TPSA) is 173 Å². The van der Waals surface area contributed by atoms with Gasteiger partial charge in [0, 0.05) is 56.1 Å². The fourth-order valence-electron chi connectivity index (χ4n) is 6.48. The molecule has 1 N–H and O–H groups in total. The number of phenols is 1. The molecule has 2 aliphatic heterocycles. The predicted octanol–water partition coefficient (Wildman–Crippen LogP) is 5.44. The summed E-state index contributed by atoms with van der Waals surface area (Å²) in [4.78, 5) is 65.6. The first-order valence-corrected chi connectivity index (χ1v) is 18.6. The molecule has 5 atom stereocenters. The molecule has 2 fully saturated rings. The van der Waals surface area contributed by atoms with Crippen LogP contribution in [-0.2, 0) is 42.9 Å². The van der Waals surface area contributed by atoms with Gasteiger partial charge in [-0.05, 0) is 98.2 Å². The number of phenolic OH excluding ortho intramolecular Hbond substituents is 1. The molecular weight excluding hydrogens is 747 g/mol. The van der Waals surface area contributed by atoms with E-state index in [0.717, 1.165) is 47.1 Å². The second-order valence-corrected chi connectivity index (χ2v) is 14.1. The largest absolute Gasteiger partial charge is 0.508 e. The SMILES string of the molecule is [2H]C([2H])(Oc1ccc(C(=O)c2c(-c3ccc(OC4OC(C(=O)OC)C(OC(C)=O)C(OC(C)=O)C4OC(C)=O)cc3)sc3cc(O)ccc23)cc1)C([2H])([2H])N1CCCCC1. The first kappa shape index (κ1) is 34.9. The number of benzene rings is 3. The van der Waals surface area contributed by atoms with Crippen molar-refractivity contribution in [2.24, 2.45) is 0 Å². The summed E-state index contributed by atoms with van der Waals surface area (Å²) in [6, 6.07) is 16.7. The number of ether oxygens (including phenoxy) is 7. The van der Waals surface area contributed by atoms with Gasteiger partial charge < -0.3 is 38.3 Å². The Labute approximate surface area is 332 Å². The molecule has 2 saturated heterocycles. The van der Waals surface area contributed by atoms with Crippen LogP contribution in [0.2, 0.25) is 0 Å². The molecule has 2 aliphatic rings. The lowest BCUT2D eigenvalue weighted by Gasteiger charge is -2.43. The molecule has 0 bridgehead atoms. The van der Waals surface area contributed by atoms with Gasteiger partial charge in [0.25, 0.3) is 0 Å². The van der Waals surface area contributed by atoms with Crippen LogP contribution in [0.15, 0.2) is 66.7 Å². The Kier molecular flexibility index (Phi) is 11.2. The third-order valence-corrected chi connectivity index (χ3v) is 10.2. The maximum Gasteiger partial charge on any atom is 0.339 e. The zero-order chi connectivity index (χ0) is 43.5. The molecular formula is C41H43NO13S. The van der Waals surface area contributed by atoms with E-state index >= 15 is 0 Å². The molecule has 56 heavy (non-hydrogen) atoms. The molecule has 14 nitrogen and oxygen atoms in total. The lowest BCUT2D eigenvalue weighted by molar-refractivity contribution is -0.282. The van der Waals surface area contributed by atoms with Crippen LogP contribution in [0.5, 0.6) is 17.2 Å². The molecule has 5 unspecified atom stereocenters. The second-order valence-electron chi connectivity index (χ2n) is 13.0. The monoisotopic (exact) mass is 793 g/mol. The minimum Gasteiger partial charge on any atom is -0.508 e. The number of hydrogen-bond acceptors (Lipinski definition) is 15. The average molecular weight is 794 g/mol. The Morgan fingerprint density at radius 1 is 0.821 bits per heavy atom. The van der Waals surface area contributed by atoms with Gasteiger partial charge in [-0.1, -0.05) is 6.42 Å². The van der Waals surface area contributed by atoms with Gasteiger partial charge in [0.2, 0.25) is 12.4 Å². The molecule has 3 aromatic carbocycles. The molecule has 1 aromatic heterocycles. The highest BCUT2D eigenvalue weighted by Gasteiger charge is 2.55. The number of ketones is 1. The number of aromatic hydroxyl groups is 1. The number of fused-ring (bicyclic) bond motifs is 1. The van der Waals surface area contributed by atoms with Crippen LogP contribution >= 0.6 is 11.3 Å². The van der Waals surface area contributed by atoms with Gasteiger partial charge >= 0.3 is 23.9 Å². The van der Waals surface area contributed by atoms with Gasteiger partial charge in [0.1, 0.15) is 23.8 Å². The predicted molar refractivity (Wildman–Crippen MR) is 203 cm³/mol. The molecule has 0 aliphatic carbocycles. The van der Waals surface area contributed by atoms with Crippen LogP contribution in [0.3, 0.4) is 0 Å². The fraction of sp³-hybridized carbons (Fsp3) is 0.390. The van der Waals surface area contributed by atoms with Crippen LogP contribution in [0, 0.1) is 0 Å². The number of carbonyl (C=O) groups is 5. The third-order valence-electron chi connectivity index (χ3n) is 8.95. The third kappa shape index (κ3) is 9.46. The molecule has 296 valence electrons. The van der Waals surface area contributed by atoms with Crippen molar-refractivity contribution in [3.8, 4) is 27.7 Å².